The van der Waals surface area contributed by atoms with Crippen molar-refractivity contribution in [3.05, 3.63) is 0 Å². The summed E-state index contributed by atoms with van der Waals surface area (Å²) in [4.78, 5) is 40.3. The van der Waals surface area contributed by atoms with Crippen molar-refractivity contribution in [1.82, 2.24) is 10.2 Å². The number of nitrogens with zero attached hydrogens (tertiary/aromatic N) is 2. The van der Waals surface area contributed by atoms with Crippen LogP contribution >= 0.6 is 0 Å². The van der Waals surface area contributed by atoms with E-state index in [1.54, 1.807) is 0 Å². The summed E-state index contributed by atoms with van der Waals surface area (Å²) in [5.74, 6) is -1.92. The molecule has 0 aromatic rings. The van der Waals surface area contributed by atoms with Crippen LogP contribution in [0.5, 0.6) is 0 Å². The monoisotopic (exact) mass is 271 g/mol. The van der Waals surface area contributed by atoms with Crippen LogP contribution in [0.15, 0.2) is 5.16 Å². The number of aliphatic carboxylic acids is 1. The smallest absolute Gasteiger partial charge is 0.353 e. The molecule has 1 aliphatic rings. The number of carboxylic acids is 1. The second-order valence-corrected chi connectivity index (χ2v) is 4.07. The fourth-order valence-corrected chi connectivity index (χ4v) is 1.63. The maximum Gasteiger partial charge on any atom is 0.353 e. The first-order chi connectivity index (χ1) is 8.99. The van der Waals surface area contributed by atoms with Crippen LogP contribution in [0.3, 0.4) is 0 Å². The van der Waals surface area contributed by atoms with E-state index in [1.807, 2.05) is 6.92 Å². The number of amides is 2. The molecule has 106 valence electrons. The number of likely N-dealkylation sites (N-methyl/N-ethyl adjacent to an activating group) is 1. The van der Waals surface area contributed by atoms with Gasteiger partial charge in [0.15, 0.2) is 5.71 Å². The van der Waals surface area contributed by atoms with Gasteiger partial charge in [-0.15, -0.1) is 0 Å². The highest BCUT2D eigenvalue weighted by Gasteiger charge is 2.34. The Balaban J connectivity index is 2.63. The zero-order chi connectivity index (χ0) is 14.4. The van der Waals surface area contributed by atoms with Gasteiger partial charge in [-0.3, -0.25) is 9.59 Å². The van der Waals surface area contributed by atoms with Crippen molar-refractivity contribution in [3.8, 4) is 0 Å². The molecule has 0 aromatic carbocycles. The number of carbonyl (C=O) groups excluding carboxylic acids is 2. The van der Waals surface area contributed by atoms with Gasteiger partial charge in [0.25, 0.3) is 5.91 Å². The van der Waals surface area contributed by atoms with E-state index in [1.165, 1.54) is 11.9 Å². The van der Waals surface area contributed by atoms with Crippen molar-refractivity contribution < 1.29 is 24.3 Å². The van der Waals surface area contributed by atoms with E-state index in [0.717, 1.165) is 0 Å². The van der Waals surface area contributed by atoms with Crippen LogP contribution in [-0.4, -0.2) is 59.7 Å². The minimum Gasteiger partial charge on any atom is -0.477 e. The number of hydrogen-bond acceptors (Lipinski definition) is 5. The van der Waals surface area contributed by atoms with Crippen LogP contribution in [0, 0.1) is 0 Å². The second-order valence-electron chi connectivity index (χ2n) is 4.07. The molecule has 0 fully saturated rings. The first kappa shape index (κ1) is 14.9. The molecule has 8 nitrogen and oxygen atoms in total. The van der Waals surface area contributed by atoms with E-state index in [2.05, 4.69) is 10.5 Å². The third-order valence-corrected chi connectivity index (χ3v) is 2.61. The van der Waals surface area contributed by atoms with Crippen molar-refractivity contribution in [3.63, 3.8) is 0 Å². The van der Waals surface area contributed by atoms with Crippen LogP contribution < -0.4 is 5.32 Å². The summed E-state index contributed by atoms with van der Waals surface area (Å²) in [6.45, 7) is 2.19. The molecule has 1 heterocycles. The minimum absolute atomic E-state index is 0.0779. The number of hydrogen-bond donors (Lipinski definition) is 2. The minimum atomic E-state index is -1.20. The Labute approximate surface area is 110 Å². The van der Waals surface area contributed by atoms with Crippen molar-refractivity contribution in [2.75, 3.05) is 20.1 Å². The molecule has 0 bridgehead atoms. The van der Waals surface area contributed by atoms with E-state index in [-0.39, 0.29) is 24.6 Å². The number of nitrogens with one attached hydrogen (secondary N) is 1. The quantitative estimate of drug-likeness (QED) is 0.657. The zero-order valence-electron chi connectivity index (χ0n) is 10.9. The highest BCUT2D eigenvalue weighted by molar-refractivity contribution is 6.36. The molecule has 0 spiro atoms. The molecule has 1 rings (SSSR count). The van der Waals surface area contributed by atoms with Gasteiger partial charge in [0, 0.05) is 20.0 Å². The lowest BCUT2D eigenvalue weighted by Gasteiger charge is -2.23. The molecule has 2 N–H and O–H groups in total. The average molecular weight is 271 g/mol. The SMILES string of the molecule is CCCN(CC(=O)NC)C(=O)C1CC(C(=O)O)=NO1. The van der Waals surface area contributed by atoms with Crippen molar-refractivity contribution in [2.24, 2.45) is 5.16 Å². The van der Waals surface area contributed by atoms with Gasteiger partial charge in [0.2, 0.25) is 12.0 Å². The first-order valence-electron chi connectivity index (χ1n) is 5.95. The Morgan fingerprint density at radius 1 is 1.53 bits per heavy atom. The Hall–Kier alpha value is -2.12. The number of carboxylic acid groups (broad SMARTS) is 1. The van der Waals surface area contributed by atoms with Crippen LogP contribution in [0.2, 0.25) is 0 Å². The van der Waals surface area contributed by atoms with Crippen molar-refractivity contribution in [2.45, 2.75) is 25.9 Å². The highest BCUT2D eigenvalue weighted by atomic mass is 16.6. The fraction of sp³-hybridized carbons (Fsp3) is 0.636. The lowest BCUT2D eigenvalue weighted by molar-refractivity contribution is -0.144. The molecule has 0 saturated heterocycles. The van der Waals surface area contributed by atoms with E-state index in [9.17, 15) is 14.4 Å². The van der Waals surface area contributed by atoms with Gasteiger partial charge in [-0.1, -0.05) is 12.1 Å². The lowest BCUT2D eigenvalue weighted by Crippen LogP contribution is -2.45. The Kier molecular flexibility index (Phi) is 5.28. The first-order valence-corrected chi connectivity index (χ1v) is 5.95. The molecule has 1 unspecified atom stereocenters. The Bertz CT molecular complexity index is 407. The van der Waals surface area contributed by atoms with Gasteiger partial charge in [-0.25, -0.2) is 4.79 Å². The van der Waals surface area contributed by atoms with Crippen LogP contribution in [0.1, 0.15) is 19.8 Å². The van der Waals surface area contributed by atoms with Gasteiger partial charge in [-0.05, 0) is 6.42 Å². The van der Waals surface area contributed by atoms with Gasteiger partial charge in [0.1, 0.15) is 0 Å². The molecule has 0 aliphatic carbocycles. The summed E-state index contributed by atoms with van der Waals surface area (Å²) >= 11 is 0. The molecule has 0 saturated carbocycles. The van der Waals surface area contributed by atoms with Gasteiger partial charge in [0.05, 0.1) is 6.54 Å². The molecular formula is C11H17N3O5. The van der Waals surface area contributed by atoms with Crippen LogP contribution in [0.4, 0.5) is 0 Å². The Morgan fingerprint density at radius 2 is 2.21 bits per heavy atom. The maximum atomic E-state index is 12.1. The Morgan fingerprint density at radius 3 is 2.68 bits per heavy atom. The van der Waals surface area contributed by atoms with Gasteiger partial charge in [-0.2, -0.15) is 0 Å². The molecule has 19 heavy (non-hydrogen) atoms. The van der Waals surface area contributed by atoms with Gasteiger partial charge < -0.3 is 20.2 Å². The summed E-state index contributed by atoms with van der Waals surface area (Å²) in [6.07, 6.45) is -0.355. The predicted molar refractivity (Wildman–Crippen MR) is 65.5 cm³/mol. The standard InChI is InChI=1S/C11H17N3O5/c1-3-4-14(6-9(15)12-2)10(16)8-5-7(11(17)18)13-19-8/h8H,3-6H2,1-2H3,(H,12,15)(H,17,18). The molecule has 8 heteroatoms. The summed E-state index contributed by atoms with van der Waals surface area (Å²) in [6, 6.07) is 0. The largest absolute Gasteiger partial charge is 0.477 e. The van der Waals surface area contributed by atoms with E-state index in [4.69, 9.17) is 9.94 Å². The zero-order valence-corrected chi connectivity index (χ0v) is 10.9. The van der Waals surface area contributed by atoms with Gasteiger partial charge >= 0.3 is 5.97 Å². The predicted octanol–water partition coefficient (Wildman–Crippen LogP) is -0.799. The lowest BCUT2D eigenvalue weighted by atomic mass is 10.1. The van der Waals surface area contributed by atoms with Crippen LogP contribution in [0.25, 0.3) is 0 Å². The van der Waals surface area contributed by atoms with Crippen molar-refractivity contribution >= 4 is 23.5 Å². The summed E-state index contributed by atoms with van der Waals surface area (Å²) in [7, 11) is 1.48. The topological polar surface area (TPSA) is 108 Å². The number of rotatable bonds is 6. The maximum absolute atomic E-state index is 12.1. The van der Waals surface area contributed by atoms with E-state index >= 15 is 0 Å². The molecule has 2 amide bonds. The molecule has 1 atom stereocenters. The van der Waals surface area contributed by atoms with E-state index in [0.29, 0.717) is 13.0 Å². The van der Waals surface area contributed by atoms with E-state index < -0.39 is 18.0 Å². The average Bonchev–Trinajstić information content (AvgIpc) is 2.86. The van der Waals surface area contributed by atoms with Crippen molar-refractivity contribution in [1.29, 1.82) is 0 Å². The molecular weight excluding hydrogens is 254 g/mol. The highest BCUT2D eigenvalue weighted by Crippen LogP contribution is 2.14. The third kappa shape index (κ3) is 3.94. The van der Waals surface area contributed by atoms with Crippen LogP contribution in [-0.2, 0) is 19.2 Å². The molecule has 0 aromatic heterocycles. The summed E-state index contributed by atoms with van der Waals surface area (Å²) in [5, 5.41) is 14.5. The molecule has 0 radical (unpaired) electrons. The fourth-order valence-electron chi connectivity index (χ4n) is 1.63. The third-order valence-electron chi connectivity index (χ3n) is 2.61. The number of oxime groups is 1. The number of carbonyl (C=O) groups is 3. The summed E-state index contributed by atoms with van der Waals surface area (Å²) in [5.41, 5.74) is -0.185. The molecule has 1 aliphatic heterocycles. The summed E-state index contributed by atoms with van der Waals surface area (Å²) < 4.78 is 0. The normalized spacial score (nSPS) is 17.4. The second kappa shape index (κ2) is 6.72.